The molecule has 19 heavy (non-hydrogen) atoms. The molecule has 0 saturated heterocycles. The van der Waals surface area contributed by atoms with Gasteiger partial charge in [-0.15, -0.1) is 0 Å². The van der Waals surface area contributed by atoms with Crippen LogP contribution in [0.25, 0.3) is 0 Å². The van der Waals surface area contributed by atoms with Crippen molar-refractivity contribution in [2.24, 2.45) is 0 Å². The number of nitrogens with one attached hydrogen (secondary N) is 1. The molecule has 0 radical (unpaired) electrons. The van der Waals surface area contributed by atoms with Gasteiger partial charge in [-0.2, -0.15) is 0 Å². The Morgan fingerprint density at radius 1 is 0.684 bits per heavy atom. The molecule has 0 aliphatic rings. The van der Waals surface area contributed by atoms with Gasteiger partial charge in [0.05, 0.1) is 0 Å². The third-order valence-electron chi connectivity index (χ3n) is 2.10. The smallest absolute Gasteiger partial charge is 0.200 e. The van der Waals surface area contributed by atoms with Gasteiger partial charge in [-0.05, 0) is 5.46 Å². The maximum absolute atomic E-state index is 12.4. The van der Waals surface area contributed by atoms with Gasteiger partial charge in [0.1, 0.15) is 7.85 Å². The van der Waals surface area contributed by atoms with E-state index in [1.54, 1.807) is 0 Å². The summed E-state index contributed by atoms with van der Waals surface area (Å²) in [5, 5.41) is 3.31. The number of hydrogen-bond donors (Lipinski definition) is 1. The summed E-state index contributed by atoms with van der Waals surface area (Å²) in [6, 6.07) is 1.25. The molecule has 1 N–H and O–H groups in total. The van der Waals surface area contributed by atoms with E-state index in [9.17, 15) is 22.0 Å². The fourth-order valence-corrected chi connectivity index (χ4v) is 1.38. The highest BCUT2D eigenvalue weighted by atomic mass is 19.2. The Hall–Kier alpha value is -1.11. The van der Waals surface area contributed by atoms with Crippen molar-refractivity contribution in [3.8, 4) is 0 Å². The molecule has 0 spiro atoms. The minimum absolute atomic E-state index is 0.625. The van der Waals surface area contributed by atoms with Gasteiger partial charge in [0, 0.05) is 12.1 Å². The summed E-state index contributed by atoms with van der Waals surface area (Å²) in [4.78, 5) is 0. The summed E-state index contributed by atoms with van der Waals surface area (Å²) in [7, 11) is 0.816. The molecule has 108 valence electrons. The van der Waals surface area contributed by atoms with Crippen molar-refractivity contribution in [3.05, 3.63) is 29.1 Å². The lowest BCUT2D eigenvalue weighted by atomic mass is 9.94. The van der Waals surface area contributed by atoms with E-state index in [1.807, 2.05) is 0 Å². The van der Waals surface area contributed by atoms with Crippen LogP contribution in [0.2, 0.25) is 0 Å². The maximum Gasteiger partial charge on any atom is 0.200 e. The molecule has 7 heteroatoms. The van der Waals surface area contributed by atoms with E-state index in [1.165, 1.54) is 0 Å². The summed E-state index contributed by atoms with van der Waals surface area (Å²) < 4.78 is 61.6. The number of halogens is 5. The van der Waals surface area contributed by atoms with Crippen LogP contribution in [-0.2, 0) is 0 Å². The predicted molar refractivity (Wildman–Crippen MR) is 67.8 cm³/mol. The molecule has 0 fully saturated rings. The molecule has 0 aliphatic carbocycles. The summed E-state index contributed by atoms with van der Waals surface area (Å²) in [6.45, 7) is 8.61. The van der Waals surface area contributed by atoms with E-state index in [2.05, 4.69) is 33.0 Å². The quantitative estimate of drug-likeness (QED) is 0.378. The first-order valence-electron chi connectivity index (χ1n) is 5.83. The topological polar surface area (TPSA) is 12.0 Å². The average Bonchev–Trinajstić information content (AvgIpc) is 2.30. The standard InChI is InChI=1S/C6H2BF5.C6H15N/c7-1-2(8)4(10)6(12)5(11)3(1)9;1-5(2)7-6(3)4/h7H2;5-7H,1-4H3. The molecule has 0 saturated carbocycles. The van der Waals surface area contributed by atoms with Gasteiger partial charge in [-0.25, -0.2) is 22.0 Å². The Labute approximate surface area is 110 Å². The monoisotopic (exact) mass is 281 g/mol. The third kappa shape index (κ3) is 5.18. The molecule has 1 nitrogen and oxygen atoms in total. The average molecular weight is 281 g/mol. The number of benzene rings is 1. The molecular weight excluding hydrogens is 264 g/mol. The molecule has 0 aliphatic heterocycles. The van der Waals surface area contributed by atoms with Gasteiger partial charge < -0.3 is 5.32 Å². The van der Waals surface area contributed by atoms with Gasteiger partial charge in [-0.1, -0.05) is 27.7 Å². The zero-order valence-electron chi connectivity index (χ0n) is 11.5. The zero-order chi connectivity index (χ0) is 15.3. The lowest BCUT2D eigenvalue weighted by Gasteiger charge is -2.10. The molecule has 0 aromatic heterocycles. The first kappa shape index (κ1) is 17.9. The minimum Gasteiger partial charge on any atom is -0.312 e. The lowest BCUT2D eigenvalue weighted by molar-refractivity contribution is 0.384. The van der Waals surface area contributed by atoms with Gasteiger partial charge in [-0.3, -0.25) is 0 Å². The first-order valence-corrected chi connectivity index (χ1v) is 5.83. The van der Waals surface area contributed by atoms with Crippen molar-refractivity contribution in [1.29, 1.82) is 0 Å². The van der Waals surface area contributed by atoms with E-state index < -0.39 is 34.5 Å². The van der Waals surface area contributed by atoms with Crippen LogP contribution in [0.3, 0.4) is 0 Å². The normalized spacial score (nSPS) is 10.7. The largest absolute Gasteiger partial charge is 0.312 e. The molecule has 0 unspecified atom stereocenters. The van der Waals surface area contributed by atoms with Crippen molar-refractivity contribution in [3.63, 3.8) is 0 Å². The van der Waals surface area contributed by atoms with Crippen LogP contribution in [0.5, 0.6) is 0 Å². The maximum atomic E-state index is 12.4. The Bertz CT molecular complexity index is 324. The van der Waals surface area contributed by atoms with Gasteiger partial charge in [0.25, 0.3) is 0 Å². The Morgan fingerprint density at radius 2 is 0.947 bits per heavy atom. The highest BCUT2D eigenvalue weighted by molar-refractivity contribution is 6.32. The van der Waals surface area contributed by atoms with Crippen molar-refractivity contribution >= 4 is 13.3 Å². The molecule has 1 aromatic rings. The van der Waals surface area contributed by atoms with Crippen molar-refractivity contribution in [2.75, 3.05) is 0 Å². The van der Waals surface area contributed by atoms with E-state index in [4.69, 9.17) is 0 Å². The van der Waals surface area contributed by atoms with Gasteiger partial charge >= 0.3 is 0 Å². The minimum atomic E-state index is -2.13. The second-order valence-electron chi connectivity index (χ2n) is 4.67. The fourth-order valence-electron chi connectivity index (χ4n) is 1.38. The van der Waals surface area contributed by atoms with Crippen LogP contribution >= 0.6 is 0 Å². The predicted octanol–water partition coefficient (Wildman–Crippen LogP) is 2.03. The number of hydrogen-bond acceptors (Lipinski definition) is 1. The SMILES string of the molecule is Bc1c(F)c(F)c(F)c(F)c1F.CC(C)NC(C)C. The molecule has 0 heterocycles. The Kier molecular flexibility index (Phi) is 7.04. The van der Waals surface area contributed by atoms with Crippen molar-refractivity contribution < 1.29 is 22.0 Å². The second kappa shape index (κ2) is 7.48. The van der Waals surface area contributed by atoms with Crippen molar-refractivity contribution in [2.45, 2.75) is 39.8 Å². The summed E-state index contributed by atoms with van der Waals surface area (Å²) >= 11 is 0. The van der Waals surface area contributed by atoms with Crippen LogP contribution in [0, 0.1) is 29.1 Å². The molecule has 1 aromatic carbocycles. The second-order valence-corrected chi connectivity index (χ2v) is 4.67. The Morgan fingerprint density at radius 3 is 1.16 bits per heavy atom. The summed E-state index contributed by atoms with van der Waals surface area (Å²) in [6.07, 6.45) is 0. The summed E-state index contributed by atoms with van der Waals surface area (Å²) in [5.74, 6) is -9.52. The molecule has 0 atom stereocenters. The van der Waals surface area contributed by atoms with Gasteiger partial charge in [0.2, 0.25) is 0 Å². The van der Waals surface area contributed by atoms with Crippen molar-refractivity contribution in [1.82, 2.24) is 5.32 Å². The zero-order valence-corrected chi connectivity index (χ0v) is 11.5. The fraction of sp³-hybridized carbons (Fsp3) is 0.500. The van der Waals surface area contributed by atoms with E-state index in [0.717, 1.165) is 7.85 Å². The van der Waals surface area contributed by atoms with E-state index >= 15 is 0 Å². The molecule has 0 bridgehead atoms. The Balaban J connectivity index is 0.000000399. The van der Waals surface area contributed by atoms with Crippen LogP contribution < -0.4 is 10.8 Å². The van der Waals surface area contributed by atoms with Crippen LogP contribution in [0.4, 0.5) is 22.0 Å². The third-order valence-corrected chi connectivity index (χ3v) is 2.10. The van der Waals surface area contributed by atoms with Crippen LogP contribution in [0.15, 0.2) is 0 Å². The van der Waals surface area contributed by atoms with E-state index in [-0.39, 0.29) is 0 Å². The van der Waals surface area contributed by atoms with Gasteiger partial charge in [0.15, 0.2) is 29.1 Å². The summed E-state index contributed by atoms with van der Waals surface area (Å²) in [5.41, 5.74) is -0.869. The number of rotatable bonds is 2. The van der Waals surface area contributed by atoms with E-state index in [0.29, 0.717) is 12.1 Å². The molecular formula is C12H17BF5N. The lowest BCUT2D eigenvalue weighted by Crippen LogP contribution is -2.29. The molecule has 0 amide bonds. The highest BCUT2D eigenvalue weighted by Crippen LogP contribution is 2.14. The van der Waals surface area contributed by atoms with Crippen LogP contribution in [0.1, 0.15) is 27.7 Å². The van der Waals surface area contributed by atoms with Crippen LogP contribution in [-0.4, -0.2) is 19.9 Å². The first-order chi connectivity index (χ1) is 8.59. The molecule has 1 rings (SSSR count). The highest BCUT2D eigenvalue weighted by Gasteiger charge is 2.22.